The summed E-state index contributed by atoms with van der Waals surface area (Å²) in [5, 5.41) is 3.78. The molecule has 2 fully saturated rings. The first kappa shape index (κ1) is 16.3. The predicted molar refractivity (Wildman–Crippen MR) is 88.1 cm³/mol. The van der Waals surface area contributed by atoms with Gasteiger partial charge in [0.05, 0.1) is 0 Å². The average molecular weight is 280 g/mol. The first-order chi connectivity index (χ1) is 9.78. The summed E-state index contributed by atoms with van der Waals surface area (Å²) in [5.74, 6) is 1.96. The van der Waals surface area contributed by atoms with Crippen LogP contribution in [0, 0.1) is 11.8 Å². The maximum Gasteiger partial charge on any atom is 0.0251 e. The summed E-state index contributed by atoms with van der Waals surface area (Å²) in [5.41, 5.74) is 0. The average Bonchev–Trinajstić information content (AvgIpc) is 2.73. The van der Waals surface area contributed by atoms with Gasteiger partial charge in [0, 0.05) is 12.1 Å². The molecule has 4 unspecified atom stereocenters. The van der Waals surface area contributed by atoms with Crippen LogP contribution in [0.3, 0.4) is 0 Å². The number of nitrogens with one attached hydrogen (secondary N) is 1. The van der Waals surface area contributed by atoms with Crippen molar-refractivity contribution in [2.24, 2.45) is 11.8 Å². The minimum absolute atomic E-state index is 0.751. The highest BCUT2D eigenvalue weighted by Crippen LogP contribution is 2.32. The molecule has 0 amide bonds. The third-order valence-corrected chi connectivity index (χ3v) is 5.90. The van der Waals surface area contributed by atoms with Gasteiger partial charge in [-0.1, -0.05) is 33.6 Å². The molecule has 2 heteroatoms. The van der Waals surface area contributed by atoms with E-state index < -0.39 is 0 Å². The zero-order chi connectivity index (χ0) is 14.4. The predicted octanol–water partition coefficient (Wildman–Crippen LogP) is 4.06. The van der Waals surface area contributed by atoms with Gasteiger partial charge in [-0.25, -0.2) is 0 Å². The minimum Gasteiger partial charge on any atom is -0.313 e. The Morgan fingerprint density at radius 1 is 0.900 bits per heavy atom. The lowest BCUT2D eigenvalue weighted by Gasteiger charge is -2.43. The fourth-order valence-electron chi connectivity index (χ4n) is 4.43. The van der Waals surface area contributed by atoms with Crippen molar-refractivity contribution in [3.63, 3.8) is 0 Å². The van der Waals surface area contributed by atoms with Crippen molar-refractivity contribution in [2.75, 3.05) is 19.6 Å². The van der Waals surface area contributed by atoms with E-state index in [-0.39, 0.29) is 0 Å². The Morgan fingerprint density at radius 2 is 1.70 bits per heavy atom. The molecule has 0 spiro atoms. The van der Waals surface area contributed by atoms with Crippen molar-refractivity contribution >= 4 is 0 Å². The zero-order valence-electron chi connectivity index (χ0n) is 14.0. The van der Waals surface area contributed by atoms with Crippen LogP contribution >= 0.6 is 0 Å². The van der Waals surface area contributed by atoms with E-state index in [1.165, 1.54) is 64.5 Å². The number of nitrogens with zero attached hydrogens (tertiary/aromatic N) is 1. The lowest BCUT2D eigenvalue weighted by atomic mass is 9.80. The molecule has 1 aliphatic carbocycles. The summed E-state index contributed by atoms with van der Waals surface area (Å²) in [4.78, 5) is 2.85. The van der Waals surface area contributed by atoms with Crippen molar-refractivity contribution < 1.29 is 0 Å². The Morgan fingerprint density at radius 3 is 2.40 bits per heavy atom. The molecule has 1 N–H and O–H groups in total. The van der Waals surface area contributed by atoms with E-state index in [1.807, 2.05) is 0 Å². The van der Waals surface area contributed by atoms with E-state index in [0.29, 0.717) is 0 Å². The third kappa shape index (κ3) is 4.21. The van der Waals surface area contributed by atoms with Crippen LogP contribution in [-0.2, 0) is 0 Å². The highest BCUT2D eigenvalue weighted by Gasteiger charge is 2.34. The van der Waals surface area contributed by atoms with Gasteiger partial charge in [0.1, 0.15) is 0 Å². The highest BCUT2D eigenvalue weighted by atomic mass is 15.2. The first-order valence-electron chi connectivity index (χ1n) is 9.25. The summed E-state index contributed by atoms with van der Waals surface area (Å²) in [7, 11) is 0. The van der Waals surface area contributed by atoms with E-state index in [2.05, 4.69) is 31.0 Å². The molecule has 2 nitrogen and oxygen atoms in total. The molecule has 0 aromatic carbocycles. The molecular formula is C18H36N2. The quantitative estimate of drug-likeness (QED) is 0.817. The number of likely N-dealkylation sites (tertiary alicyclic amines) is 1. The molecule has 20 heavy (non-hydrogen) atoms. The van der Waals surface area contributed by atoms with Crippen LogP contribution < -0.4 is 5.32 Å². The highest BCUT2D eigenvalue weighted by molar-refractivity contribution is 4.91. The second kappa shape index (κ2) is 8.38. The van der Waals surface area contributed by atoms with Crippen LogP contribution in [0.25, 0.3) is 0 Å². The monoisotopic (exact) mass is 280 g/mol. The summed E-state index contributed by atoms with van der Waals surface area (Å²) in [6.07, 6.45) is 11.3. The van der Waals surface area contributed by atoms with Crippen LogP contribution in [0.15, 0.2) is 0 Å². The molecular weight excluding hydrogens is 244 g/mol. The van der Waals surface area contributed by atoms with Crippen molar-refractivity contribution in [2.45, 2.75) is 84.2 Å². The molecule has 1 aliphatic heterocycles. The standard InChI is InChI=1S/C18H36N2/c1-4-15-8-7-12-20(13-11-15)18-14-16(5-2)9-10-17(18)19-6-3/h15-19H,4-14H2,1-3H3. The van der Waals surface area contributed by atoms with E-state index in [9.17, 15) is 0 Å². The topological polar surface area (TPSA) is 15.3 Å². The third-order valence-electron chi connectivity index (χ3n) is 5.90. The van der Waals surface area contributed by atoms with Crippen LogP contribution in [0.5, 0.6) is 0 Å². The summed E-state index contributed by atoms with van der Waals surface area (Å²) in [6, 6.07) is 1.56. The smallest absolute Gasteiger partial charge is 0.0251 e. The normalized spacial score (nSPS) is 36.8. The van der Waals surface area contributed by atoms with Crippen molar-refractivity contribution in [3.8, 4) is 0 Å². The summed E-state index contributed by atoms with van der Waals surface area (Å²) < 4.78 is 0. The number of hydrogen-bond donors (Lipinski definition) is 1. The molecule has 1 saturated heterocycles. The molecule has 0 aromatic heterocycles. The SMILES string of the molecule is CCNC1CCC(CC)CC1N1CCCC(CC)CC1. The van der Waals surface area contributed by atoms with Crippen molar-refractivity contribution in [3.05, 3.63) is 0 Å². The van der Waals surface area contributed by atoms with Crippen molar-refractivity contribution in [1.29, 1.82) is 0 Å². The summed E-state index contributed by atoms with van der Waals surface area (Å²) >= 11 is 0. The van der Waals surface area contributed by atoms with Gasteiger partial charge in [-0.05, 0) is 70.0 Å². The fourth-order valence-corrected chi connectivity index (χ4v) is 4.43. The fraction of sp³-hybridized carbons (Fsp3) is 1.00. The van der Waals surface area contributed by atoms with E-state index in [4.69, 9.17) is 0 Å². The lowest BCUT2D eigenvalue weighted by molar-refractivity contribution is 0.0979. The molecule has 0 bridgehead atoms. The Balaban J connectivity index is 1.97. The lowest BCUT2D eigenvalue weighted by Crippen LogP contribution is -2.53. The first-order valence-corrected chi connectivity index (χ1v) is 9.25. The Bertz CT molecular complexity index is 266. The minimum atomic E-state index is 0.751. The number of hydrogen-bond acceptors (Lipinski definition) is 2. The molecule has 2 aliphatic rings. The molecule has 1 heterocycles. The Kier molecular flexibility index (Phi) is 6.83. The van der Waals surface area contributed by atoms with E-state index in [1.54, 1.807) is 0 Å². The van der Waals surface area contributed by atoms with Gasteiger partial charge in [-0.2, -0.15) is 0 Å². The summed E-state index contributed by atoms with van der Waals surface area (Å²) in [6.45, 7) is 10.8. The van der Waals surface area contributed by atoms with Crippen LogP contribution in [0.4, 0.5) is 0 Å². The second-order valence-electron chi connectivity index (χ2n) is 7.06. The van der Waals surface area contributed by atoms with Crippen LogP contribution in [0.2, 0.25) is 0 Å². The second-order valence-corrected chi connectivity index (χ2v) is 7.06. The van der Waals surface area contributed by atoms with Crippen molar-refractivity contribution in [1.82, 2.24) is 10.2 Å². The molecule has 4 atom stereocenters. The van der Waals surface area contributed by atoms with Crippen LogP contribution in [0.1, 0.15) is 72.1 Å². The molecule has 1 saturated carbocycles. The van der Waals surface area contributed by atoms with Gasteiger partial charge in [-0.15, -0.1) is 0 Å². The Hall–Kier alpha value is -0.0800. The Labute approximate surface area is 126 Å². The molecule has 118 valence electrons. The van der Waals surface area contributed by atoms with Gasteiger partial charge >= 0.3 is 0 Å². The van der Waals surface area contributed by atoms with E-state index >= 15 is 0 Å². The maximum atomic E-state index is 3.78. The van der Waals surface area contributed by atoms with Gasteiger partial charge in [0.2, 0.25) is 0 Å². The molecule has 0 aromatic rings. The molecule has 0 radical (unpaired) electrons. The number of rotatable bonds is 5. The largest absolute Gasteiger partial charge is 0.313 e. The molecule has 2 rings (SSSR count). The number of likely N-dealkylation sites (N-methyl/N-ethyl adjacent to an activating group) is 1. The van der Waals surface area contributed by atoms with Gasteiger partial charge in [0.15, 0.2) is 0 Å². The zero-order valence-corrected chi connectivity index (χ0v) is 14.0. The maximum absolute atomic E-state index is 3.78. The van der Waals surface area contributed by atoms with Gasteiger partial charge < -0.3 is 5.32 Å². The van der Waals surface area contributed by atoms with Gasteiger partial charge in [0.25, 0.3) is 0 Å². The van der Waals surface area contributed by atoms with E-state index in [0.717, 1.165) is 30.5 Å². The van der Waals surface area contributed by atoms with Gasteiger partial charge in [-0.3, -0.25) is 4.90 Å². The van der Waals surface area contributed by atoms with Crippen LogP contribution in [-0.4, -0.2) is 36.6 Å².